The van der Waals surface area contributed by atoms with Gasteiger partial charge in [-0.1, -0.05) is 6.07 Å². The van der Waals surface area contributed by atoms with Crippen LogP contribution in [0.1, 0.15) is 11.3 Å². The topological polar surface area (TPSA) is 41.6 Å². The monoisotopic (exact) mass is 207 g/mol. The smallest absolute Gasteiger partial charge is 0.0766 e. The molecule has 0 saturated heterocycles. The van der Waals surface area contributed by atoms with E-state index in [2.05, 4.69) is 15.2 Å². The third-order valence-electron chi connectivity index (χ3n) is 2.06. The van der Waals surface area contributed by atoms with Gasteiger partial charge in [0.2, 0.25) is 0 Å². The number of aromatic amines is 1. The zero-order valence-electron chi connectivity index (χ0n) is 7.79. The van der Waals surface area contributed by atoms with Crippen molar-refractivity contribution >= 4 is 11.6 Å². The Labute approximate surface area is 87.1 Å². The van der Waals surface area contributed by atoms with E-state index in [1.54, 1.807) is 6.20 Å². The summed E-state index contributed by atoms with van der Waals surface area (Å²) in [4.78, 5) is 4.44. The molecule has 2 aromatic heterocycles. The van der Waals surface area contributed by atoms with Gasteiger partial charge in [-0.3, -0.25) is 10.1 Å². The minimum Gasteiger partial charge on any atom is -0.285 e. The van der Waals surface area contributed by atoms with Gasteiger partial charge in [-0.25, -0.2) is 0 Å². The average Bonchev–Trinajstić information content (AvgIpc) is 2.71. The van der Waals surface area contributed by atoms with Crippen LogP contribution in [0.15, 0.2) is 24.5 Å². The molecule has 0 aliphatic heterocycles. The number of pyridine rings is 1. The van der Waals surface area contributed by atoms with Crippen LogP contribution in [-0.4, -0.2) is 15.2 Å². The fourth-order valence-corrected chi connectivity index (χ4v) is 1.47. The Kier molecular flexibility index (Phi) is 2.50. The molecule has 72 valence electrons. The number of H-pyrrole nitrogens is 1. The lowest BCUT2D eigenvalue weighted by atomic mass is 10.1. The van der Waals surface area contributed by atoms with E-state index in [9.17, 15) is 0 Å². The number of hydrogen-bond acceptors (Lipinski definition) is 2. The second kappa shape index (κ2) is 3.80. The van der Waals surface area contributed by atoms with Crippen molar-refractivity contribution in [2.45, 2.75) is 12.8 Å². The molecular formula is C10H10ClN3. The molecule has 1 N–H and O–H groups in total. The average molecular weight is 208 g/mol. The van der Waals surface area contributed by atoms with E-state index in [0.717, 1.165) is 22.5 Å². The number of halogens is 1. The van der Waals surface area contributed by atoms with Crippen LogP contribution in [0.5, 0.6) is 0 Å². The minimum atomic E-state index is 0.436. The number of aryl methyl sites for hydroxylation is 1. The molecule has 0 aliphatic rings. The lowest BCUT2D eigenvalue weighted by Gasteiger charge is -2.03. The van der Waals surface area contributed by atoms with Gasteiger partial charge in [0.1, 0.15) is 0 Å². The molecule has 0 spiro atoms. The Balaban J connectivity index is 2.51. The Hall–Kier alpha value is -1.35. The van der Waals surface area contributed by atoms with Crippen LogP contribution in [0.3, 0.4) is 0 Å². The van der Waals surface area contributed by atoms with Crippen molar-refractivity contribution in [1.29, 1.82) is 0 Å². The summed E-state index contributed by atoms with van der Waals surface area (Å²) in [7, 11) is 0. The van der Waals surface area contributed by atoms with E-state index in [-0.39, 0.29) is 0 Å². The molecule has 14 heavy (non-hydrogen) atoms. The van der Waals surface area contributed by atoms with Crippen molar-refractivity contribution in [1.82, 2.24) is 15.2 Å². The molecule has 0 atom stereocenters. The first-order valence-corrected chi connectivity index (χ1v) is 4.86. The molecule has 0 saturated carbocycles. The zero-order chi connectivity index (χ0) is 9.97. The van der Waals surface area contributed by atoms with Crippen LogP contribution in [0.25, 0.3) is 11.3 Å². The van der Waals surface area contributed by atoms with Crippen molar-refractivity contribution in [3.05, 3.63) is 35.8 Å². The fourth-order valence-electron chi connectivity index (χ4n) is 1.32. The lowest BCUT2D eigenvalue weighted by molar-refractivity contribution is 1.09. The molecule has 0 amide bonds. The molecule has 0 unspecified atom stereocenters. The van der Waals surface area contributed by atoms with Crippen molar-refractivity contribution < 1.29 is 0 Å². The summed E-state index contributed by atoms with van der Waals surface area (Å²) >= 11 is 5.73. The molecule has 4 heteroatoms. The van der Waals surface area contributed by atoms with Crippen LogP contribution in [-0.2, 0) is 5.88 Å². The SMILES string of the molecule is Cc1ccc(CCl)nc1-c1cn[nH]c1. The first-order valence-electron chi connectivity index (χ1n) is 4.33. The molecule has 0 aromatic carbocycles. The summed E-state index contributed by atoms with van der Waals surface area (Å²) in [6.07, 6.45) is 3.58. The van der Waals surface area contributed by atoms with E-state index >= 15 is 0 Å². The summed E-state index contributed by atoms with van der Waals surface area (Å²) in [5, 5.41) is 6.67. The molecule has 0 bridgehead atoms. The van der Waals surface area contributed by atoms with Gasteiger partial charge in [0, 0.05) is 11.8 Å². The highest BCUT2D eigenvalue weighted by Crippen LogP contribution is 2.20. The van der Waals surface area contributed by atoms with Gasteiger partial charge in [-0.2, -0.15) is 5.10 Å². The Morgan fingerprint density at radius 3 is 2.93 bits per heavy atom. The standard InChI is InChI=1S/C10H10ClN3/c1-7-2-3-9(4-11)14-10(7)8-5-12-13-6-8/h2-3,5-6H,4H2,1H3,(H,12,13). The quantitative estimate of drug-likeness (QED) is 0.769. The second-order valence-electron chi connectivity index (χ2n) is 3.09. The molecule has 0 aliphatic carbocycles. The molecule has 2 aromatic rings. The Bertz CT molecular complexity index is 423. The van der Waals surface area contributed by atoms with Crippen molar-refractivity contribution in [3.8, 4) is 11.3 Å². The van der Waals surface area contributed by atoms with E-state index in [0.29, 0.717) is 5.88 Å². The van der Waals surface area contributed by atoms with Crippen molar-refractivity contribution in [3.63, 3.8) is 0 Å². The number of alkyl halides is 1. The highest BCUT2D eigenvalue weighted by molar-refractivity contribution is 6.16. The van der Waals surface area contributed by atoms with Gasteiger partial charge >= 0.3 is 0 Å². The van der Waals surface area contributed by atoms with Crippen LogP contribution in [0, 0.1) is 6.92 Å². The Morgan fingerprint density at radius 2 is 2.29 bits per heavy atom. The van der Waals surface area contributed by atoms with Crippen LogP contribution < -0.4 is 0 Å². The predicted octanol–water partition coefficient (Wildman–Crippen LogP) is 2.52. The molecular weight excluding hydrogens is 198 g/mol. The fraction of sp³-hybridized carbons (Fsp3) is 0.200. The molecule has 0 radical (unpaired) electrons. The summed E-state index contributed by atoms with van der Waals surface area (Å²) in [6, 6.07) is 3.96. The number of rotatable bonds is 2. The van der Waals surface area contributed by atoms with Gasteiger partial charge in [0.25, 0.3) is 0 Å². The number of aromatic nitrogens is 3. The van der Waals surface area contributed by atoms with Crippen molar-refractivity contribution in [2.24, 2.45) is 0 Å². The van der Waals surface area contributed by atoms with E-state index in [4.69, 9.17) is 11.6 Å². The maximum atomic E-state index is 5.73. The molecule has 2 heterocycles. The summed E-state index contributed by atoms with van der Waals surface area (Å²) < 4.78 is 0. The van der Waals surface area contributed by atoms with Crippen LogP contribution in [0.4, 0.5) is 0 Å². The third-order valence-corrected chi connectivity index (χ3v) is 2.34. The summed E-state index contributed by atoms with van der Waals surface area (Å²) in [5.74, 6) is 0.436. The maximum absolute atomic E-state index is 5.73. The van der Waals surface area contributed by atoms with Crippen molar-refractivity contribution in [2.75, 3.05) is 0 Å². The van der Waals surface area contributed by atoms with E-state index < -0.39 is 0 Å². The molecule has 2 rings (SSSR count). The molecule has 0 fully saturated rings. The van der Waals surface area contributed by atoms with Gasteiger partial charge < -0.3 is 0 Å². The van der Waals surface area contributed by atoms with Gasteiger partial charge in [-0.05, 0) is 18.6 Å². The summed E-state index contributed by atoms with van der Waals surface area (Å²) in [6.45, 7) is 2.02. The first kappa shape index (κ1) is 9.21. The maximum Gasteiger partial charge on any atom is 0.0766 e. The minimum absolute atomic E-state index is 0.436. The van der Waals surface area contributed by atoms with Gasteiger partial charge in [-0.15, -0.1) is 11.6 Å². The number of nitrogens with one attached hydrogen (secondary N) is 1. The van der Waals surface area contributed by atoms with E-state index in [1.807, 2.05) is 25.3 Å². The Morgan fingerprint density at radius 1 is 1.43 bits per heavy atom. The zero-order valence-corrected chi connectivity index (χ0v) is 8.54. The number of nitrogens with zero attached hydrogens (tertiary/aromatic N) is 2. The highest BCUT2D eigenvalue weighted by Gasteiger charge is 2.05. The third kappa shape index (κ3) is 1.63. The van der Waals surface area contributed by atoms with Crippen LogP contribution >= 0.6 is 11.6 Å². The van der Waals surface area contributed by atoms with E-state index in [1.165, 1.54) is 0 Å². The predicted molar refractivity (Wildman–Crippen MR) is 56.1 cm³/mol. The van der Waals surface area contributed by atoms with Gasteiger partial charge in [0.05, 0.1) is 23.5 Å². The molecule has 3 nitrogen and oxygen atoms in total. The second-order valence-corrected chi connectivity index (χ2v) is 3.36. The highest BCUT2D eigenvalue weighted by atomic mass is 35.5. The van der Waals surface area contributed by atoms with Gasteiger partial charge in [0.15, 0.2) is 0 Å². The largest absolute Gasteiger partial charge is 0.285 e. The summed E-state index contributed by atoms with van der Waals surface area (Å²) in [5.41, 5.74) is 3.94. The van der Waals surface area contributed by atoms with Crippen LogP contribution in [0.2, 0.25) is 0 Å². The first-order chi connectivity index (χ1) is 6.81. The normalized spacial score (nSPS) is 10.4. The number of hydrogen-bond donors (Lipinski definition) is 1. The lowest BCUT2D eigenvalue weighted by Crippen LogP contribution is -1.91.